The number of halogens is 1. The molecule has 32 heavy (non-hydrogen) atoms. The standard InChI is InChI=1S/C20H18BrN3O8/c1-10(2)31-17-11(6-12(21)8-15(17)24(28)29)7-14-18(25)23(20(27)22-14)9-13-4-5-16(32-13)19(26)30-3/h4-8,10H,9H2,1-3H3,(H,22,27)/b14-7-. The number of nitrogens with zero attached hydrogens (tertiary/aromatic N) is 2. The first-order chi connectivity index (χ1) is 15.1. The number of nitrogens with one attached hydrogen (secondary N) is 1. The first kappa shape index (κ1) is 23.0. The van der Waals surface area contributed by atoms with Crippen molar-refractivity contribution in [2.24, 2.45) is 0 Å². The second-order valence-corrected chi connectivity index (χ2v) is 7.82. The van der Waals surface area contributed by atoms with Gasteiger partial charge < -0.3 is 19.2 Å². The van der Waals surface area contributed by atoms with E-state index in [2.05, 4.69) is 26.0 Å². The van der Waals surface area contributed by atoms with Gasteiger partial charge in [0.2, 0.25) is 11.5 Å². The molecule has 1 fully saturated rings. The number of ether oxygens (including phenoxy) is 2. The fraction of sp³-hybridized carbons (Fsp3) is 0.250. The Bertz CT molecular complexity index is 1140. The molecular weight excluding hydrogens is 490 g/mol. The predicted octanol–water partition coefficient (Wildman–Crippen LogP) is 3.62. The third kappa shape index (κ3) is 4.80. The Hall–Kier alpha value is -3.67. The second kappa shape index (κ2) is 9.22. The summed E-state index contributed by atoms with van der Waals surface area (Å²) in [5.74, 6) is -1.28. The van der Waals surface area contributed by atoms with E-state index in [4.69, 9.17) is 9.15 Å². The van der Waals surface area contributed by atoms with E-state index in [1.54, 1.807) is 13.8 Å². The van der Waals surface area contributed by atoms with Crippen LogP contribution >= 0.6 is 15.9 Å². The maximum Gasteiger partial charge on any atom is 0.373 e. The molecule has 0 radical (unpaired) electrons. The number of nitro benzene ring substituents is 1. The lowest BCUT2D eigenvalue weighted by atomic mass is 10.1. The van der Waals surface area contributed by atoms with Crippen LogP contribution in [0.1, 0.15) is 35.7 Å². The minimum Gasteiger partial charge on any atom is -0.484 e. The molecule has 1 saturated heterocycles. The molecule has 0 aliphatic carbocycles. The Balaban J connectivity index is 1.92. The van der Waals surface area contributed by atoms with Gasteiger partial charge in [0.1, 0.15) is 11.5 Å². The first-order valence-electron chi connectivity index (χ1n) is 9.26. The molecule has 0 unspecified atom stereocenters. The smallest absolute Gasteiger partial charge is 0.373 e. The summed E-state index contributed by atoms with van der Waals surface area (Å²) in [6, 6.07) is 4.92. The number of carbonyl (C=O) groups is 3. The zero-order valence-corrected chi connectivity index (χ0v) is 18.8. The van der Waals surface area contributed by atoms with Crippen molar-refractivity contribution in [3.05, 3.63) is 61.6 Å². The summed E-state index contributed by atoms with van der Waals surface area (Å²) >= 11 is 3.21. The number of amides is 3. The number of furan rings is 1. The van der Waals surface area contributed by atoms with Crippen molar-refractivity contribution in [3.8, 4) is 5.75 Å². The Morgan fingerprint density at radius 3 is 2.69 bits per heavy atom. The third-order valence-corrected chi connectivity index (χ3v) is 4.70. The molecule has 1 aromatic carbocycles. The van der Waals surface area contributed by atoms with E-state index in [1.807, 2.05) is 0 Å². The van der Waals surface area contributed by atoms with Crippen molar-refractivity contribution in [1.29, 1.82) is 0 Å². The number of nitro groups is 1. The monoisotopic (exact) mass is 507 g/mol. The van der Waals surface area contributed by atoms with Gasteiger partial charge in [-0.25, -0.2) is 9.59 Å². The highest BCUT2D eigenvalue weighted by molar-refractivity contribution is 9.10. The molecule has 3 rings (SSSR count). The van der Waals surface area contributed by atoms with E-state index in [-0.39, 0.29) is 46.9 Å². The maximum absolute atomic E-state index is 12.8. The van der Waals surface area contributed by atoms with Crippen LogP contribution in [0, 0.1) is 10.1 Å². The molecule has 1 aliphatic rings. The van der Waals surface area contributed by atoms with Crippen molar-refractivity contribution in [1.82, 2.24) is 10.2 Å². The van der Waals surface area contributed by atoms with Crippen LogP contribution in [0.5, 0.6) is 5.75 Å². The summed E-state index contributed by atoms with van der Waals surface area (Å²) in [7, 11) is 1.20. The summed E-state index contributed by atoms with van der Waals surface area (Å²) in [6.45, 7) is 3.19. The zero-order chi connectivity index (χ0) is 23.6. The molecule has 11 nitrogen and oxygen atoms in total. The van der Waals surface area contributed by atoms with Crippen molar-refractivity contribution in [3.63, 3.8) is 0 Å². The quantitative estimate of drug-likeness (QED) is 0.197. The fourth-order valence-corrected chi connectivity index (χ4v) is 3.37. The largest absolute Gasteiger partial charge is 0.484 e. The number of urea groups is 1. The van der Waals surface area contributed by atoms with Gasteiger partial charge in [0.15, 0.2) is 0 Å². The number of methoxy groups -OCH3 is 1. The van der Waals surface area contributed by atoms with Crippen LogP contribution in [0.3, 0.4) is 0 Å². The first-order valence-corrected chi connectivity index (χ1v) is 10.1. The lowest BCUT2D eigenvalue weighted by molar-refractivity contribution is -0.386. The van der Waals surface area contributed by atoms with E-state index in [0.717, 1.165) is 4.90 Å². The van der Waals surface area contributed by atoms with Gasteiger partial charge in [-0.1, -0.05) is 15.9 Å². The van der Waals surface area contributed by atoms with Crippen molar-refractivity contribution in [2.75, 3.05) is 7.11 Å². The molecule has 168 valence electrons. The summed E-state index contributed by atoms with van der Waals surface area (Å²) in [5, 5.41) is 13.9. The number of carbonyl (C=O) groups excluding carboxylic acids is 3. The van der Waals surface area contributed by atoms with Crippen LogP contribution in [0.15, 0.2) is 38.9 Å². The van der Waals surface area contributed by atoms with Crippen LogP contribution in [0.2, 0.25) is 0 Å². The zero-order valence-electron chi connectivity index (χ0n) is 17.2. The highest BCUT2D eigenvalue weighted by Crippen LogP contribution is 2.37. The second-order valence-electron chi connectivity index (χ2n) is 6.90. The Morgan fingerprint density at radius 1 is 1.34 bits per heavy atom. The minimum atomic E-state index is -0.715. The molecule has 3 amide bonds. The number of benzene rings is 1. The summed E-state index contributed by atoms with van der Waals surface area (Å²) in [6.07, 6.45) is 0.929. The molecule has 0 saturated carbocycles. The fourth-order valence-electron chi connectivity index (χ4n) is 2.91. The van der Waals surface area contributed by atoms with Crippen LogP contribution in [0.4, 0.5) is 10.5 Å². The van der Waals surface area contributed by atoms with Crippen LogP contribution in [-0.2, 0) is 16.1 Å². The molecule has 0 atom stereocenters. The van der Waals surface area contributed by atoms with E-state index in [9.17, 15) is 24.5 Å². The van der Waals surface area contributed by atoms with E-state index >= 15 is 0 Å². The molecule has 2 heterocycles. The number of esters is 1. The van der Waals surface area contributed by atoms with Gasteiger partial charge in [0.25, 0.3) is 5.91 Å². The molecule has 2 aromatic rings. The SMILES string of the molecule is COC(=O)c1ccc(CN2C(=O)N/C(=C\c3cc(Br)cc([N+](=O)[O-])c3OC(C)C)C2=O)o1. The normalized spacial score (nSPS) is 14.8. The molecular formula is C20H18BrN3O8. The molecule has 1 N–H and O–H groups in total. The molecule has 0 bridgehead atoms. The van der Waals surface area contributed by atoms with Crippen LogP contribution < -0.4 is 10.1 Å². The third-order valence-electron chi connectivity index (χ3n) is 4.24. The van der Waals surface area contributed by atoms with Crippen LogP contribution in [0.25, 0.3) is 6.08 Å². The average Bonchev–Trinajstić information content (AvgIpc) is 3.29. The number of imide groups is 1. The van der Waals surface area contributed by atoms with E-state index in [0.29, 0.717) is 4.47 Å². The Labute approximate surface area is 190 Å². The molecule has 12 heteroatoms. The lowest BCUT2D eigenvalue weighted by Crippen LogP contribution is -2.30. The molecule has 1 aromatic heterocycles. The lowest BCUT2D eigenvalue weighted by Gasteiger charge is -2.13. The number of hydrogen-bond donors (Lipinski definition) is 1. The average molecular weight is 508 g/mol. The predicted molar refractivity (Wildman–Crippen MR) is 114 cm³/mol. The Morgan fingerprint density at radius 2 is 2.06 bits per heavy atom. The summed E-state index contributed by atoms with van der Waals surface area (Å²) < 4.78 is 15.9. The van der Waals surface area contributed by atoms with Crippen molar-refractivity contribution in [2.45, 2.75) is 26.5 Å². The topological polar surface area (TPSA) is 141 Å². The van der Waals surface area contributed by atoms with Gasteiger partial charge >= 0.3 is 17.7 Å². The van der Waals surface area contributed by atoms with Crippen molar-refractivity contribution >= 4 is 45.6 Å². The molecule has 0 spiro atoms. The van der Waals surface area contributed by atoms with Gasteiger partial charge in [-0.2, -0.15) is 0 Å². The maximum atomic E-state index is 12.8. The minimum absolute atomic E-state index is 0.0325. The number of rotatable bonds is 7. The van der Waals surface area contributed by atoms with Gasteiger partial charge in [-0.15, -0.1) is 0 Å². The highest BCUT2D eigenvalue weighted by Gasteiger charge is 2.35. The Kier molecular flexibility index (Phi) is 6.63. The van der Waals surface area contributed by atoms with E-state index < -0.39 is 22.8 Å². The summed E-state index contributed by atoms with van der Waals surface area (Å²) in [4.78, 5) is 48.5. The number of hydrogen-bond acceptors (Lipinski definition) is 8. The van der Waals surface area contributed by atoms with Gasteiger partial charge in [-0.3, -0.25) is 19.8 Å². The summed E-state index contributed by atoms with van der Waals surface area (Å²) in [5.41, 5.74) is -0.161. The van der Waals surface area contributed by atoms with Crippen molar-refractivity contribution < 1.29 is 33.2 Å². The van der Waals surface area contributed by atoms with Gasteiger partial charge in [-0.05, 0) is 38.1 Å². The van der Waals surface area contributed by atoms with E-state index in [1.165, 1.54) is 37.5 Å². The van der Waals surface area contributed by atoms with Crippen LogP contribution in [-0.4, -0.2) is 40.9 Å². The molecule has 1 aliphatic heterocycles. The van der Waals surface area contributed by atoms with Gasteiger partial charge in [0.05, 0.1) is 24.7 Å². The van der Waals surface area contributed by atoms with Gasteiger partial charge in [0, 0.05) is 16.1 Å². The highest BCUT2D eigenvalue weighted by atomic mass is 79.9.